The molecule has 1 N–H and O–H groups in total. The molecule has 0 fully saturated rings. The number of hydrogen-bond acceptors (Lipinski definition) is 3. The topological polar surface area (TPSA) is 49.8 Å². The molecule has 1 aromatic rings. The molecular weight excluding hydrogens is 218 g/mol. The molecule has 1 aliphatic rings. The predicted octanol–water partition coefficient (Wildman–Crippen LogP) is 1.50. The van der Waals surface area contributed by atoms with Crippen LogP contribution in [0.15, 0.2) is 18.2 Å². The highest BCUT2D eigenvalue weighted by atomic mass is 16.5. The van der Waals surface area contributed by atoms with Crippen molar-refractivity contribution < 1.29 is 14.6 Å². The third-order valence-electron chi connectivity index (χ3n) is 2.92. The number of fused-ring (bicyclic) bond motifs is 1. The summed E-state index contributed by atoms with van der Waals surface area (Å²) < 4.78 is 5.62. The molecule has 0 aromatic heterocycles. The molecule has 4 heteroatoms. The second kappa shape index (κ2) is 4.75. The van der Waals surface area contributed by atoms with E-state index in [4.69, 9.17) is 9.84 Å². The molecule has 1 heterocycles. The van der Waals surface area contributed by atoms with Crippen LogP contribution in [0.25, 0.3) is 0 Å². The molecule has 1 unspecified atom stereocenters. The quantitative estimate of drug-likeness (QED) is 0.862. The van der Waals surface area contributed by atoms with Crippen LogP contribution in [0.4, 0.5) is 0 Å². The number of ether oxygens (including phenoxy) is 1. The molecule has 1 aromatic carbocycles. The van der Waals surface area contributed by atoms with Gasteiger partial charge in [0.15, 0.2) is 0 Å². The number of rotatable bonds is 3. The zero-order valence-electron chi connectivity index (χ0n) is 10.1. The number of aromatic carboxylic acids is 1. The lowest BCUT2D eigenvalue weighted by molar-refractivity contribution is 0.0688. The van der Waals surface area contributed by atoms with Crippen LogP contribution >= 0.6 is 0 Å². The molecule has 1 aliphatic heterocycles. The van der Waals surface area contributed by atoms with Gasteiger partial charge in [0, 0.05) is 12.5 Å². The fourth-order valence-corrected chi connectivity index (χ4v) is 2.29. The first-order valence-electron chi connectivity index (χ1n) is 5.70. The Bertz CT molecular complexity index is 429. The van der Waals surface area contributed by atoms with Gasteiger partial charge in [0.2, 0.25) is 0 Å². The van der Waals surface area contributed by atoms with Crippen LogP contribution in [0.2, 0.25) is 0 Å². The molecule has 0 radical (unpaired) electrons. The van der Waals surface area contributed by atoms with Gasteiger partial charge in [-0.3, -0.25) is 0 Å². The van der Waals surface area contributed by atoms with Gasteiger partial charge in [-0.2, -0.15) is 0 Å². The van der Waals surface area contributed by atoms with Crippen molar-refractivity contribution in [2.24, 2.45) is 5.92 Å². The van der Waals surface area contributed by atoms with E-state index in [1.807, 2.05) is 20.2 Å². The van der Waals surface area contributed by atoms with Crippen molar-refractivity contribution in [3.63, 3.8) is 0 Å². The molecule has 0 bridgehead atoms. The van der Waals surface area contributed by atoms with Gasteiger partial charge in [0.05, 0.1) is 6.61 Å². The van der Waals surface area contributed by atoms with Gasteiger partial charge in [0.25, 0.3) is 0 Å². The van der Waals surface area contributed by atoms with Crippen molar-refractivity contribution in [2.75, 3.05) is 27.2 Å². The van der Waals surface area contributed by atoms with E-state index in [1.54, 1.807) is 12.1 Å². The Labute approximate surface area is 101 Å². The highest BCUT2D eigenvalue weighted by Gasteiger charge is 2.24. The lowest BCUT2D eigenvalue weighted by atomic mass is 9.94. The zero-order valence-corrected chi connectivity index (χ0v) is 10.1. The van der Waals surface area contributed by atoms with Gasteiger partial charge in [-0.1, -0.05) is 12.1 Å². The second-order valence-corrected chi connectivity index (χ2v) is 4.74. The summed E-state index contributed by atoms with van der Waals surface area (Å²) >= 11 is 0. The summed E-state index contributed by atoms with van der Waals surface area (Å²) in [6.07, 6.45) is 0.884. The van der Waals surface area contributed by atoms with E-state index in [-0.39, 0.29) is 5.56 Å². The van der Waals surface area contributed by atoms with Gasteiger partial charge in [-0.15, -0.1) is 0 Å². The van der Waals surface area contributed by atoms with Crippen molar-refractivity contribution in [1.82, 2.24) is 4.90 Å². The largest absolute Gasteiger partial charge is 0.492 e. The van der Waals surface area contributed by atoms with Gasteiger partial charge in [-0.05, 0) is 32.1 Å². The molecule has 4 nitrogen and oxygen atoms in total. The van der Waals surface area contributed by atoms with Crippen molar-refractivity contribution in [1.29, 1.82) is 0 Å². The van der Waals surface area contributed by atoms with E-state index in [1.165, 1.54) is 0 Å². The summed E-state index contributed by atoms with van der Waals surface area (Å²) in [7, 11) is 4.06. The first kappa shape index (κ1) is 11.9. The number of nitrogens with zero attached hydrogens (tertiary/aromatic N) is 1. The number of carboxylic acid groups (broad SMARTS) is 1. The number of para-hydroxylation sites is 1. The fourth-order valence-electron chi connectivity index (χ4n) is 2.29. The van der Waals surface area contributed by atoms with Crippen molar-refractivity contribution in [3.05, 3.63) is 29.3 Å². The maximum Gasteiger partial charge on any atom is 0.339 e. The summed E-state index contributed by atoms with van der Waals surface area (Å²) in [5.41, 5.74) is 1.27. The van der Waals surface area contributed by atoms with Crippen molar-refractivity contribution in [3.8, 4) is 5.75 Å². The molecule has 0 saturated carbocycles. The SMILES string of the molecule is CN(C)CC1COc2c(cccc2C(=O)O)C1. The Morgan fingerprint density at radius 3 is 2.94 bits per heavy atom. The van der Waals surface area contributed by atoms with Gasteiger partial charge in [0.1, 0.15) is 11.3 Å². The molecule has 0 aliphatic carbocycles. The third-order valence-corrected chi connectivity index (χ3v) is 2.92. The summed E-state index contributed by atoms with van der Waals surface area (Å²) in [6.45, 7) is 1.55. The maximum atomic E-state index is 11.0. The highest BCUT2D eigenvalue weighted by molar-refractivity contribution is 5.91. The Morgan fingerprint density at radius 1 is 1.53 bits per heavy atom. The van der Waals surface area contributed by atoms with Crippen molar-refractivity contribution >= 4 is 5.97 Å². The molecule has 1 atom stereocenters. The summed E-state index contributed by atoms with van der Waals surface area (Å²) in [6, 6.07) is 5.32. The lowest BCUT2D eigenvalue weighted by Crippen LogP contribution is -2.31. The van der Waals surface area contributed by atoms with Crippen molar-refractivity contribution in [2.45, 2.75) is 6.42 Å². The van der Waals surface area contributed by atoms with Crippen LogP contribution in [0, 0.1) is 5.92 Å². The van der Waals surface area contributed by atoms with Crippen LogP contribution in [0.5, 0.6) is 5.75 Å². The smallest absolute Gasteiger partial charge is 0.339 e. The molecule has 2 rings (SSSR count). The number of benzene rings is 1. The molecule has 0 saturated heterocycles. The van der Waals surface area contributed by atoms with E-state index in [2.05, 4.69) is 4.90 Å². The van der Waals surface area contributed by atoms with E-state index in [0.717, 1.165) is 18.5 Å². The summed E-state index contributed by atoms with van der Waals surface area (Å²) in [5.74, 6) is 0.0597. The molecule has 0 spiro atoms. The monoisotopic (exact) mass is 235 g/mol. The highest BCUT2D eigenvalue weighted by Crippen LogP contribution is 2.31. The number of carbonyl (C=O) groups is 1. The van der Waals surface area contributed by atoms with Gasteiger partial charge in [-0.25, -0.2) is 4.79 Å². The van der Waals surface area contributed by atoms with E-state index >= 15 is 0 Å². The van der Waals surface area contributed by atoms with Gasteiger partial charge < -0.3 is 14.7 Å². The van der Waals surface area contributed by atoms with Gasteiger partial charge >= 0.3 is 5.97 Å². The minimum atomic E-state index is -0.923. The van der Waals surface area contributed by atoms with E-state index in [0.29, 0.717) is 18.3 Å². The average molecular weight is 235 g/mol. The van der Waals surface area contributed by atoms with Crippen LogP contribution in [-0.4, -0.2) is 43.2 Å². The number of carboxylic acids is 1. The lowest BCUT2D eigenvalue weighted by Gasteiger charge is -2.28. The fraction of sp³-hybridized carbons (Fsp3) is 0.462. The molecule has 17 heavy (non-hydrogen) atoms. The summed E-state index contributed by atoms with van der Waals surface area (Å²) in [5, 5.41) is 9.06. The zero-order chi connectivity index (χ0) is 12.4. The molecule has 92 valence electrons. The average Bonchev–Trinajstić information content (AvgIpc) is 2.26. The minimum absolute atomic E-state index is 0.269. The van der Waals surface area contributed by atoms with Crippen LogP contribution in [0.3, 0.4) is 0 Å². The standard InChI is InChI=1S/C13H17NO3/c1-14(2)7-9-6-10-4-3-5-11(13(15)16)12(10)17-8-9/h3-5,9H,6-8H2,1-2H3,(H,15,16). The number of hydrogen-bond donors (Lipinski definition) is 1. The Kier molecular flexibility index (Phi) is 3.33. The maximum absolute atomic E-state index is 11.0. The van der Waals surface area contributed by atoms with Crippen LogP contribution < -0.4 is 4.74 Å². The van der Waals surface area contributed by atoms with E-state index < -0.39 is 5.97 Å². The first-order valence-corrected chi connectivity index (χ1v) is 5.70. The predicted molar refractivity (Wildman–Crippen MR) is 64.6 cm³/mol. The third kappa shape index (κ3) is 2.58. The van der Waals surface area contributed by atoms with E-state index in [9.17, 15) is 4.79 Å². The Hall–Kier alpha value is -1.55. The van der Waals surface area contributed by atoms with Crippen LogP contribution in [0.1, 0.15) is 15.9 Å². The Balaban J connectivity index is 2.22. The Morgan fingerprint density at radius 2 is 2.29 bits per heavy atom. The summed E-state index contributed by atoms with van der Waals surface area (Å²) in [4.78, 5) is 13.2. The normalized spacial score (nSPS) is 18.6. The molecule has 0 amide bonds. The molecular formula is C13H17NO3. The van der Waals surface area contributed by atoms with Crippen LogP contribution in [-0.2, 0) is 6.42 Å². The second-order valence-electron chi connectivity index (χ2n) is 4.74. The minimum Gasteiger partial charge on any atom is -0.492 e. The first-order chi connectivity index (χ1) is 8.08.